The maximum Gasteiger partial charge on any atom is 0.269 e. The maximum absolute atomic E-state index is 12.9. The summed E-state index contributed by atoms with van der Waals surface area (Å²) in [5.74, 6) is -0.690. The lowest BCUT2D eigenvalue weighted by molar-refractivity contribution is 0.0664. The Morgan fingerprint density at radius 2 is 1.81 bits per heavy atom. The van der Waals surface area contributed by atoms with Gasteiger partial charge in [-0.25, -0.2) is 4.39 Å². The Morgan fingerprint density at radius 1 is 1.11 bits per heavy atom. The van der Waals surface area contributed by atoms with Crippen LogP contribution in [0, 0.1) is 5.82 Å². The van der Waals surface area contributed by atoms with Crippen LogP contribution in [0.5, 0.6) is 0 Å². The van der Waals surface area contributed by atoms with Crippen molar-refractivity contribution in [1.82, 2.24) is 20.1 Å². The van der Waals surface area contributed by atoms with E-state index in [2.05, 4.69) is 15.2 Å². The number of rotatable bonds is 5. The smallest absolute Gasteiger partial charge is 0.269 e. The van der Waals surface area contributed by atoms with Gasteiger partial charge in [0.2, 0.25) is 0 Å². The molecule has 2 aromatic rings. The molecule has 1 aromatic carbocycles. The highest BCUT2D eigenvalue weighted by atomic mass is 19.1. The summed E-state index contributed by atoms with van der Waals surface area (Å²) >= 11 is 0. The largest absolute Gasteiger partial charge is 0.350 e. The van der Waals surface area contributed by atoms with Crippen LogP contribution in [0.4, 0.5) is 4.39 Å². The number of nitrogens with one attached hydrogen (secondary N) is 1. The van der Waals surface area contributed by atoms with Gasteiger partial charge >= 0.3 is 0 Å². The molecule has 0 unspecified atom stereocenters. The SMILES string of the molecule is CN1CCN(C(=O)c2ccnc(C(=O)NCCc3ccc(F)cc3)c2)CC1. The zero-order valence-corrected chi connectivity index (χ0v) is 15.3. The molecule has 2 amide bonds. The van der Waals surface area contributed by atoms with Crippen LogP contribution >= 0.6 is 0 Å². The van der Waals surface area contributed by atoms with Crippen LogP contribution in [0.1, 0.15) is 26.4 Å². The first-order chi connectivity index (χ1) is 13.0. The van der Waals surface area contributed by atoms with Crippen molar-refractivity contribution < 1.29 is 14.0 Å². The quantitative estimate of drug-likeness (QED) is 0.868. The number of nitrogens with zero attached hydrogens (tertiary/aromatic N) is 3. The summed E-state index contributed by atoms with van der Waals surface area (Å²) in [4.78, 5) is 33.0. The average Bonchev–Trinajstić information content (AvgIpc) is 2.69. The Bertz CT molecular complexity index is 802. The molecule has 2 heterocycles. The minimum absolute atomic E-state index is 0.0779. The summed E-state index contributed by atoms with van der Waals surface area (Å²) in [5.41, 5.74) is 1.62. The number of halogens is 1. The van der Waals surface area contributed by atoms with E-state index in [9.17, 15) is 14.0 Å². The highest BCUT2D eigenvalue weighted by Gasteiger charge is 2.21. The average molecular weight is 370 g/mol. The molecule has 0 aliphatic carbocycles. The van der Waals surface area contributed by atoms with Crippen LogP contribution in [0.2, 0.25) is 0 Å². The van der Waals surface area contributed by atoms with E-state index >= 15 is 0 Å². The lowest BCUT2D eigenvalue weighted by atomic mass is 10.1. The van der Waals surface area contributed by atoms with Gasteiger partial charge in [-0.05, 0) is 43.3 Å². The molecule has 1 fully saturated rings. The van der Waals surface area contributed by atoms with Gasteiger partial charge in [-0.3, -0.25) is 14.6 Å². The Kier molecular flexibility index (Phi) is 6.13. The predicted octanol–water partition coefficient (Wildman–Crippen LogP) is 1.58. The maximum atomic E-state index is 12.9. The van der Waals surface area contributed by atoms with Gasteiger partial charge in [0.1, 0.15) is 11.5 Å². The second-order valence-electron chi connectivity index (χ2n) is 6.66. The van der Waals surface area contributed by atoms with Gasteiger partial charge < -0.3 is 15.1 Å². The number of amides is 2. The molecule has 0 atom stereocenters. The first-order valence-electron chi connectivity index (χ1n) is 8.99. The number of aromatic nitrogens is 1. The Morgan fingerprint density at radius 3 is 2.52 bits per heavy atom. The van der Waals surface area contributed by atoms with Gasteiger partial charge in [0.25, 0.3) is 11.8 Å². The molecule has 7 heteroatoms. The number of carbonyl (C=O) groups excluding carboxylic acids is 2. The first-order valence-corrected chi connectivity index (χ1v) is 8.99. The third-order valence-corrected chi connectivity index (χ3v) is 4.64. The molecule has 0 saturated carbocycles. The van der Waals surface area contributed by atoms with E-state index in [4.69, 9.17) is 0 Å². The van der Waals surface area contributed by atoms with Gasteiger partial charge in [0.15, 0.2) is 0 Å². The molecule has 142 valence electrons. The summed E-state index contributed by atoms with van der Waals surface area (Å²) in [7, 11) is 2.03. The third-order valence-electron chi connectivity index (χ3n) is 4.64. The molecule has 1 saturated heterocycles. The molecule has 1 aromatic heterocycles. The van der Waals surface area contributed by atoms with Crippen LogP contribution < -0.4 is 5.32 Å². The van der Waals surface area contributed by atoms with E-state index < -0.39 is 0 Å². The molecule has 6 nitrogen and oxygen atoms in total. The topological polar surface area (TPSA) is 65.5 Å². The van der Waals surface area contributed by atoms with Crippen molar-refractivity contribution in [3.05, 3.63) is 65.2 Å². The number of hydrogen-bond acceptors (Lipinski definition) is 4. The molecule has 0 bridgehead atoms. The Balaban J connectivity index is 1.56. The normalized spacial score (nSPS) is 14.8. The van der Waals surface area contributed by atoms with E-state index in [-0.39, 0.29) is 23.3 Å². The van der Waals surface area contributed by atoms with Gasteiger partial charge in [0.05, 0.1) is 0 Å². The van der Waals surface area contributed by atoms with Crippen LogP contribution in [0.3, 0.4) is 0 Å². The number of hydrogen-bond donors (Lipinski definition) is 1. The zero-order valence-electron chi connectivity index (χ0n) is 15.3. The van der Waals surface area contributed by atoms with E-state index in [0.29, 0.717) is 31.6 Å². The van der Waals surface area contributed by atoms with Gasteiger partial charge in [-0.2, -0.15) is 0 Å². The van der Waals surface area contributed by atoms with Crippen molar-refractivity contribution >= 4 is 11.8 Å². The lowest BCUT2D eigenvalue weighted by Crippen LogP contribution is -2.47. The number of pyridine rings is 1. The Labute approximate surface area is 158 Å². The van der Waals surface area contributed by atoms with E-state index in [1.54, 1.807) is 23.1 Å². The summed E-state index contributed by atoms with van der Waals surface area (Å²) in [6, 6.07) is 9.34. The van der Waals surface area contributed by atoms with Crippen molar-refractivity contribution in [2.45, 2.75) is 6.42 Å². The van der Waals surface area contributed by atoms with Crippen molar-refractivity contribution in [3.63, 3.8) is 0 Å². The highest BCUT2D eigenvalue weighted by molar-refractivity contribution is 5.98. The fourth-order valence-electron chi connectivity index (χ4n) is 2.94. The van der Waals surface area contributed by atoms with Crippen LogP contribution in [0.15, 0.2) is 42.6 Å². The van der Waals surface area contributed by atoms with Crippen LogP contribution in [-0.4, -0.2) is 66.4 Å². The zero-order chi connectivity index (χ0) is 19.2. The van der Waals surface area contributed by atoms with Gasteiger partial charge in [-0.15, -0.1) is 0 Å². The van der Waals surface area contributed by atoms with Crippen molar-refractivity contribution in [2.24, 2.45) is 0 Å². The van der Waals surface area contributed by atoms with Crippen molar-refractivity contribution in [2.75, 3.05) is 39.8 Å². The number of likely N-dealkylation sites (N-methyl/N-ethyl adjacent to an activating group) is 1. The fraction of sp³-hybridized carbons (Fsp3) is 0.350. The lowest BCUT2D eigenvalue weighted by Gasteiger charge is -2.32. The van der Waals surface area contributed by atoms with Crippen LogP contribution in [0.25, 0.3) is 0 Å². The highest BCUT2D eigenvalue weighted by Crippen LogP contribution is 2.09. The summed E-state index contributed by atoms with van der Waals surface area (Å²) < 4.78 is 12.9. The van der Waals surface area contributed by atoms with Crippen LogP contribution in [-0.2, 0) is 6.42 Å². The Hall–Kier alpha value is -2.80. The van der Waals surface area contributed by atoms with E-state index in [1.807, 2.05) is 7.05 Å². The number of benzene rings is 1. The van der Waals surface area contributed by atoms with E-state index in [0.717, 1.165) is 18.7 Å². The number of piperazine rings is 1. The molecular weight excluding hydrogens is 347 g/mol. The van der Waals surface area contributed by atoms with Crippen molar-refractivity contribution in [1.29, 1.82) is 0 Å². The molecule has 1 aliphatic heterocycles. The summed E-state index contributed by atoms with van der Waals surface area (Å²) in [6.45, 7) is 3.44. The van der Waals surface area contributed by atoms with Gasteiger partial charge in [-0.1, -0.05) is 12.1 Å². The predicted molar refractivity (Wildman–Crippen MR) is 100 cm³/mol. The number of carbonyl (C=O) groups is 2. The second-order valence-corrected chi connectivity index (χ2v) is 6.66. The monoisotopic (exact) mass is 370 g/mol. The molecule has 1 N–H and O–H groups in total. The molecule has 27 heavy (non-hydrogen) atoms. The second kappa shape index (κ2) is 8.73. The minimum atomic E-state index is -0.329. The summed E-state index contributed by atoms with van der Waals surface area (Å²) in [6.07, 6.45) is 2.07. The standard InChI is InChI=1S/C20H23FN4O2/c1-24-10-12-25(13-11-24)20(27)16-7-9-22-18(14-16)19(26)23-8-6-15-2-4-17(21)5-3-15/h2-5,7,9,14H,6,8,10-13H2,1H3,(H,23,26). The molecular formula is C20H23FN4O2. The summed E-state index contributed by atoms with van der Waals surface area (Å²) in [5, 5.41) is 2.79. The molecule has 0 spiro atoms. The van der Waals surface area contributed by atoms with E-state index in [1.165, 1.54) is 24.4 Å². The van der Waals surface area contributed by atoms with Crippen molar-refractivity contribution in [3.8, 4) is 0 Å². The molecule has 0 radical (unpaired) electrons. The van der Waals surface area contributed by atoms with Gasteiger partial charge in [0, 0.05) is 44.5 Å². The minimum Gasteiger partial charge on any atom is -0.350 e. The third kappa shape index (κ3) is 5.10. The first kappa shape index (κ1) is 19.0. The molecule has 1 aliphatic rings. The fourth-order valence-corrected chi connectivity index (χ4v) is 2.94. The molecule has 3 rings (SSSR count).